The van der Waals surface area contributed by atoms with Crippen molar-refractivity contribution in [1.82, 2.24) is 5.32 Å². The number of amides is 1. The summed E-state index contributed by atoms with van der Waals surface area (Å²) >= 11 is 0. The molecule has 0 aliphatic carbocycles. The van der Waals surface area contributed by atoms with Crippen LogP contribution in [0.4, 0.5) is 0 Å². The standard InChI is InChI=1S/C6H9NO/c1-3-5-6(8)7-4-2/h1H,4-5H2,2H3,(H,7,8). The minimum Gasteiger partial charge on any atom is -0.356 e. The van der Waals surface area contributed by atoms with Gasteiger partial charge in [-0.15, -0.1) is 6.42 Å². The van der Waals surface area contributed by atoms with Crippen LogP contribution >= 0.6 is 0 Å². The summed E-state index contributed by atoms with van der Waals surface area (Å²) in [5.41, 5.74) is 0. The van der Waals surface area contributed by atoms with Crippen LogP contribution in [-0.4, -0.2) is 12.5 Å². The van der Waals surface area contributed by atoms with Crippen molar-refractivity contribution in [2.75, 3.05) is 6.54 Å². The predicted molar refractivity (Wildman–Crippen MR) is 32.1 cm³/mol. The third-order valence-corrected chi connectivity index (χ3v) is 0.637. The van der Waals surface area contributed by atoms with Crippen LogP contribution in [0.3, 0.4) is 0 Å². The molecule has 0 aromatic carbocycles. The molecule has 0 heterocycles. The smallest absolute Gasteiger partial charge is 0.232 e. The number of carbonyl (C=O) groups excluding carboxylic acids is 1. The van der Waals surface area contributed by atoms with E-state index in [0.717, 1.165) is 0 Å². The molecule has 0 saturated carbocycles. The zero-order chi connectivity index (χ0) is 6.41. The summed E-state index contributed by atoms with van der Waals surface area (Å²) in [6.07, 6.45) is 5.04. The van der Waals surface area contributed by atoms with Gasteiger partial charge in [0.25, 0.3) is 0 Å². The molecule has 0 rings (SSSR count). The Morgan fingerprint density at radius 1 is 1.88 bits per heavy atom. The number of carbonyl (C=O) groups is 1. The fourth-order valence-electron chi connectivity index (χ4n) is 0.352. The Bertz CT molecular complexity index is 112. The Labute approximate surface area is 49.3 Å². The first-order valence-electron chi connectivity index (χ1n) is 2.51. The van der Waals surface area contributed by atoms with Crippen molar-refractivity contribution < 1.29 is 4.79 Å². The molecule has 0 atom stereocenters. The second-order valence-electron chi connectivity index (χ2n) is 1.33. The lowest BCUT2D eigenvalue weighted by molar-refractivity contribution is -0.119. The number of rotatable bonds is 2. The fraction of sp³-hybridized carbons (Fsp3) is 0.500. The molecule has 44 valence electrons. The summed E-state index contributed by atoms with van der Waals surface area (Å²) in [5, 5.41) is 2.56. The fourth-order valence-corrected chi connectivity index (χ4v) is 0.352. The van der Waals surface area contributed by atoms with E-state index in [1.165, 1.54) is 0 Å². The molecule has 8 heavy (non-hydrogen) atoms. The third kappa shape index (κ3) is 3.23. The molecular weight excluding hydrogens is 102 g/mol. The average molecular weight is 111 g/mol. The van der Waals surface area contributed by atoms with Gasteiger partial charge in [-0.05, 0) is 6.92 Å². The van der Waals surface area contributed by atoms with Gasteiger partial charge >= 0.3 is 0 Å². The van der Waals surface area contributed by atoms with E-state index in [2.05, 4.69) is 11.2 Å². The van der Waals surface area contributed by atoms with Crippen LogP contribution in [0.1, 0.15) is 13.3 Å². The third-order valence-electron chi connectivity index (χ3n) is 0.637. The molecule has 2 nitrogen and oxygen atoms in total. The van der Waals surface area contributed by atoms with Crippen LogP contribution in [0.5, 0.6) is 0 Å². The van der Waals surface area contributed by atoms with Gasteiger partial charge in [0.05, 0.1) is 6.42 Å². The number of nitrogens with one attached hydrogen (secondary N) is 1. The summed E-state index contributed by atoms with van der Waals surface area (Å²) in [6, 6.07) is 0. The quantitative estimate of drug-likeness (QED) is 0.505. The van der Waals surface area contributed by atoms with Gasteiger partial charge in [-0.3, -0.25) is 4.79 Å². The average Bonchev–Trinajstić information content (AvgIpc) is 1.68. The summed E-state index contributed by atoms with van der Waals surface area (Å²) in [7, 11) is 0. The lowest BCUT2D eigenvalue weighted by atomic mass is 10.4. The van der Waals surface area contributed by atoms with Crippen molar-refractivity contribution in [3.05, 3.63) is 0 Å². The maximum atomic E-state index is 10.4. The first kappa shape index (κ1) is 7.03. The number of hydrogen-bond donors (Lipinski definition) is 1. The molecule has 0 aliphatic heterocycles. The highest BCUT2D eigenvalue weighted by Gasteiger charge is 1.91. The van der Waals surface area contributed by atoms with Crippen LogP contribution in [-0.2, 0) is 4.79 Å². The van der Waals surface area contributed by atoms with Crippen molar-refractivity contribution in [3.63, 3.8) is 0 Å². The lowest BCUT2D eigenvalue weighted by Crippen LogP contribution is -2.21. The van der Waals surface area contributed by atoms with Crippen molar-refractivity contribution in [3.8, 4) is 12.3 Å². The molecule has 0 spiro atoms. The molecule has 0 aromatic heterocycles. The minimum absolute atomic E-state index is 0.0741. The summed E-state index contributed by atoms with van der Waals surface area (Å²) < 4.78 is 0. The molecule has 0 aromatic rings. The molecule has 0 aliphatic rings. The topological polar surface area (TPSA) is 29.1 Å². The molecule has 1 N–H and O–H groups in total. The van der Waals surface area contributed by atoms with Gasteiger partial charge in [0.15, 0.2) is 0 Å². The van der Waals surface area contributed by atoms with Crippen LogP contribution in [0.25, 0.3) is 0 Å². The van der Waals surface area contributed by atoms with E-state index in [9.17, 15) is 4.79 Å². The van der Waals surface area contributed by atoms with E-state index >= 15 is 0 Å². The van der Waals surface area contributed by atoms with Crippen molar-refractivity contribution in [2.45, 2.75) is 13.3 Å². The van der Waals surface area contributed by atoms with Gasteiger partial charge in [-0.25, -0.2) is 0 Å². The highest BCUT2D eigenvalue weighted by molar-refractivity contribution is 5.78. The molecular formula is C6H9NO. The summed E-state index contributed by atoms with van der Waals surface area (Å²) in [6.45, 7) is 2.51. The maximum Gasteiger partial charge on any atom is 0.232 e. The Morgan fingerprint density at radius 2 is 2.50 bits per heavy atom. The van der Waals surface area contributed by atoms with Crippen molar-refractivity contribution in [1.29, 1.82) is 0 Å². The largest absolute Gasteiger partial charge is 0.356 e. The molecule has 0 saturated heterocycles. The SMILES string of the molecule is C#CCC(=O)NCC. The molecule has 0 radical (unpaired) electrons. The van der Waals surface area contributed by atoms with Crippen LogP contribution in [0, 0.1) is 12.3 Å². The van der Waals surface area contributed by atoms with E-state index in [0.29, 0.717) is 6.54 Å². The van der Waals surface area contributed by atoms with Gasteiger partial charge in [-0.1, -0.05) is 5.92 Å². The summed E-state index contributed by atoms with van der Waals surface area (Å²) in [5.74, 6) is 2.17. The van der Waals surface area contributed by atoms with Crippen LogP contribution in [0.2, 0.25) is 0 Å². The highest BCUT2D eigenvalue weighted by atomic mass is 16.1. The number of hydrogen-bond acceptors (Lipinski definition) is 1. The van der Waals surface area contributed by atoms with Crippen molar-refractivity contribution in [2.24, 2.45) is 0 Å². The Morgan fingerprint density at radius 3 is 2.88 bits per heavy atom. The second kappa shape index (κ2) is 4.20. The van der Waals surface area contributed by atoms with E-state index in [1.54, 1.807) is 0 Å². The zero-order valence-electron chi connectivity index (χ0n) is 4.90. The van der Waals surface area contributed by atoms with Crippen LogP contribution in [0.15, 0.2) is 0 Å². The van der Waals surface area contributed by atoms with E-state index < -0.39 is 0 Å². The Balaban J connectivity index is 3.23. The van der Waals surface area contributed by atoms with E-state index in [4.69, 9.17) is 6.42 Å². The zero-order valence-corrected chi connectivity index (χ0v) is 4.90. The van der Waals surface area contributed by atoms with E-state index in [-0.39, 0.29) is 12.3 Å². The maximum absolute atomic E-state index is 10.4. The normalized spacial score (nSPS) is 7.50. The van der Waals surface area contributed by atoms with Crippen molar-refractivity contribution >= 4 is 5.91 Å². The first-order valence-corrected chi connectivity index (χ1v) is 2.51. The first-order chi connectivity index (χ1) is 3.81. The lowest BCUT2D eigenvalue weighted by Gasteiger charge is -1.93. The van der Waals surface area contributed by atoms with Gasteiger partial charge in [0.1, 0.15) is 0 Å². The molecule has 0 bridgehead atoms. The van der Waals surface area contributed by atoms with Gasteiger partial charge in [-0.2, -0.15) is 0 Å². The van der Waals surface area contributed by atoms with Crippen LogP contribution < -0.4 is 5.32 Å². The Hall–Kier alpha value is -0.970. The Kier molecular flexibility index (Phi) is 3.69. The van der Waals surface area contributed by atoms with E-state index in [1.807, 2.05) is 6.92 Å². The van der Waals surface area contributed by atoms with Gasteiger partial charge in [0, 0.05) is 6.54 Å². The molecule has 0 fully saturated rings. The van der Waals surface area contributed by atoms with Gasteiger partial charge in [0.2, 0.25) is 5.91 Å². The second-order valence-corrected chi connectivity index (χ2v) is 1.33. The molecule has 0 unspecified atom stereocenters. The molecule has 1 amide bonds. The number of terminal acetylenes is 1. The van der Waals surface area contributed by atoms with Gasteiger partial charge < -0.3 is 5.32 Å². The predicted octanol–water partition coefficient (Wildman–Crippen LogP) is 0.146. The molecule has 2 heteroatoms. The minimum atomic E-state index is -0.0741. The highest BCUT2D eigenvalue weighted by Crippen LogP contribution is 1.71. The summed E-state index contributed by atoms with van der Waals surface area (Å²) in [4.78, 5) is 10.4. The monoisotopic (exact) mass is 111 g/mol.